The highest BCUT2D eigenvalue weighted by atomic mass is 35.5. The van der Waals surface area contributed by atoms with Crippen LogP contribution in [0, 0.1) is 33.9 Å². The number of halogens is 3. The Morgan fingerprint density at radius 1 is 1.09 bits per heavy atom. The molecule has 3 aromatic rings. The van der Waals surface area contributed by atoms with Crippen molar-refractivity contribution in [3.63, 3.8) is 0 Å². The Labute approximate surface area is 213 Å². The van der Waals surface area contributed by atoms with E-state index >= 15 is 0 Å². The highest BCUT2D eigenvalue weighted by Crippen LogP contribution is 2.77. The van der Waals surface area contributed by atoms with Crippen molar-refractivity contribution in [1.82, 2.24) is 0 Å². The summed E-state index contributed by atoms with van der Waals surface area (Å²) < 4.78 is 19.8. The van der Waals surface area contributed by atoms with Gasteiger partial charge in [0.05, 0.1) is 0 Å². The van der Waals surface area contributed by atoms with Crippen LogP contribution in [0.1, 0.15) is 25.0 Å². The molecule has 0 aliphatic heterocycles. The van der Waals surface area contributed by atoms with Crippen LogP contribution < -0.4 is 4.74 Å². The smallest absolute Gasteiger partial charge is 0.316 e. The average Bonchev–Trinajstić information content (AvgIpc) is 3.35. The summed E-state index contributed by atoms with van der Waals surface area (Å²) >= 11 is 12.6. The van der Waals surface area contributed by atoms with Gasteiger partial charge in [0.2, 0.25) is 5.60 Å². The van der Waals surface area contributed by atoms with Gasteiger partial charge in [-0.15, -0.1) is 0 Å². The molecule has 4 rings (SSSR count). The van der Waals surface area contributed by atoms with E-state index in [0.717, 1.165) is 0 Å². The molecule has 0 saturated heterocycles. The normalized spacial score (nSPS) is 22.5. The van der Waals surface area contributed by atoms with Gasteiger partial charge < -0.3 is 9.84 Å². The van der Waals surface area contributed by atoms with Crippen molar-refractivity contribution in [3.05, 3.63) is 107 Å². The van der Waals surface area contributed by atoms with Crippen LogP contribution >= 0.6 is 23.2 Å². The number of benzene rings is 3. The molecule has 1 aliphatic carbocycles. The van der Waals surface area contributed by atoms with E-state index in [9.17, 15) is 19.6 Å². The Balaban J connectivity index is 1.91. The van der Waals surface area contributed by atoms with Gasteiger partial charge in [-0.05, 0) is 47.4 Å². The largest absolute Gasteiger partial charge is 0.481 e. The minimum atomic E-state index is -1.94. The SMILES string of the molecule is CC1(C)C(C=C(Cl)c2ccc(Cl)cc2)C1(C(=O)O)C(C#N)(Oc1ccc(F)cc1)c1ccccc1. The van der Waals surface area contributed by atoms with Crippen LogP contribution in [0.15, 0.2) is 84.9 Å². The van der Waals surface area contributed by atoms with Crippen molar-refractivity contribution in [2.75, 3.05) is 0 Å². The number of allylic oxidation sites excluding steroid dienone is 1. The monoisotopic (exact) mass is 509 g/mol. The number of carboxylic acid groups (broad SMARTS) is 1. The van der Waals surface area contributed by atoms with Crippen molar-refractivity contribution in [2.24, 2.45) is 16.7 Å². The molecule has 0 bridgehead atoms. The summed E-state index contributed by atoms with van der Waals surface area (Å²) in [4.78, 5) is 13.1. The first-order chi connectivity index (χ1) is 16.6. The number of hydrogen-bond acceptors (Lipinski definition) is 3. The summed E-state index contributed by atoms with van der Waals surface area (Å²) in [6, 6.07) is 22.7. The molecule has 3 atom stereocenters. The highest BCUT2D eigenvalue weighted by molar-refractivity contribution is 6.48. The highest BCUT2D eigenvalue weighted by Gasteiger charge is 2.85. The summed E-state index contributed by atoms with van der Waals surface area (Å²) in [5, 5.41) is 22.2. The van der Waals surface area contributed by atoms with Gasteiger partial charge in [-0.3, -0.25) is 4.79 Å². The fourth-order valence-electron chi connectivity index (χ4n) is 5.12. The number of carbonyl (C=O) groups is 1. The van der Waals surface area contributed by atoms with Crippen LogP contribution in [0.4, 0.5) is 4.39 Å². The van der Waals surface area contributed by atoms with Gasteiger partial charge >= 0.3 is 5.97 Å². The summed E-state index contributed by atoms with van der Waals surface area (Å²) in [5.41, 5.74) is -3.55. The minimum Gasteiger partial charge on any atom is -0.481 e. The lowest BCUT2D eigenvalue weighted by molar-refractivity contribution is -0.154. The van der Waals surface area contributed by atoms with E-state index in [4.69, 9.17) is 27.9 Å². The standard InChI is InChI=1S/C28H22Cl2FNO3/c1-26(2)24(16-23(30)18-8-10-20(29)11-9-18)28(26,25(33)34)27(17-32,19-6-4-3-5-7-19)35-22-14-12-21(31)13-15-22/h3-16,24H,1-2H3,(H,33,34). The molecule has 35 heavy (non-hydrogen) atoms. The van der Waals surface area contributed by atoms with Gasteiger partial charge in [0.25, 0.3) is 0 Å². The second-order valence-corrected chi connectivity index (χ2v) is 9.89. The quantitative estimate of drug-likeness (QED) is 0.363. The molecule has 7 heteroatoms. The molecule has 0 aromatic heterocycles. The maximum Gasteiger partial charge on any atom is 0.316 e. The Hall–Kier alpha value is -3.33. The first kappa shape index (κ1) is 24.8. The lowest BCUT2D eigenvalue weighted by Crippen LogP contribution is -2.49. The molecule has 3 unspecified atom stereocenters. The fourth-order valence-corrected chi connectivity index (χ4v) is 5.49. The van der Waals surface area contributed by atoms with Crippen LogP contribution in [0.2, 0.25) is 5.02 Å². The molecule has 0 radical (unpaired) electrons. The van der Waals surface area contributed by atoms with Gasteiger partial charge in [0.15, 0.2) is 0 Å². The lowest BCUT2D eigenvalue weighted by atomic mass is 9.74. The van der Waals surface area contributed by atoms with Crippen molar-refractivity contribution >= 4 is 34.2 Å². The number of carboxylic acids is 1. The first-order valence-electron chi connectivity index (χ1n) is 10.9. The van der Waals surface area contributed by atoms with Gasteiger partial charge in [0.1, 0.15) is 23.1 Å². The van der Waals surface area contributed by atoms with E-state index in [2.05, 4.69) is 6.07 Å². The summed E-state index contributed by atoms with van der Waals surface area (Å²) in [6.07, 6.45) is 1.67. The van der Waals surface area contributed by atoms with E-state index in [1.807, 2.05) is 0 Å². The van der Waals surface area contributed by atoms with Crippen LogP contribution in [-0.2, 0) is 10.4 Å². The number of rotatable bonds is 7. The molecular weight excluding hydrogens is 488 g/mol. The molecule has 0 amide bonds. The molecule has 4 nitrogen and oxygen atoms in total. The number of nitrogens with zero attached hydrogens (tertiary/aromatic N) is 1. The Morgan fingerprint density at radius 3 is 2.23 bits per heavy atom. The number of nitriles is 1. The van der Waals surface area contributed by atoms with E-state index < -0.39 is 34.1 Å². The van der Waals surface area contributed by atoms with Gasteiger partial charge in [-0.25, -0.2) is 4.39 Å². The van der Waals surface area contributed by atoms with Crippen molar-refractivity contribution in [3.8, 4) is 11.8 Å². The third-order valence-electron chi connectivity index (χ3n) is 6.93. The molecule has 1 aliphatic rings. The topological polar surface area (TPSA) is 70.3 Å². The van der Waals surface area contributed by atoms with Gasteiger partial charge in [0, 0.05) is 21.5 Å². The zero-order chi connectivity index (χ0) is 25.4. The molecule has 1 N–H and O–H groups in total. The van der Waals surface area contributed by atoms with Gasteiger partial charge in [-0.1, -0.05) is 85.6 Å². The summed E-state index contributed by atoms with van der Waals surface area (Å²) in [7, 11) is 0. The Bertz CT molecular complexity index is 1320. The molecule has 178 valence electrons. The zero-order valence-electron chi connectivity index (χ0n) is 19.0. The van der Waals surface area contributed by atoms with Crippen LogP contribution in [0.25, 0.3) is 5.03 Å². The maximum absolute atomic E-state index is 13.6. The molecule has 1 fully saturated rings. The molecule has 1 saturated carbocycles. The Morgan fingerprint density at radius 2 is 1.69 bits per heavy atom. The predicted octanol–water partition coefficient (Wildman–Crippen LogP) is 7.28. The second-order valence-electron chi connectivity index (χ2n) is 9.05. The van der Waals surface area contributed by atoms with E-state index in [1.165, 1.54) is 24.3 Å². The number of hydrogen-bond donors (Lipinski definition) is 1. The lowest BCUT2D eigenvalue weighted by Gasteiger charge is -2.36. The summed E-state index contributed by atoms with van der Waals surface area (Å²) in [5.74, 6) is -2.17. The molecular formula is C28H22Cl2FNO3. The molecule has 3 aromatic carbocycles. The second kappa shape index (κ2) is 9.03. The zero-order valence-corrected chi connectivity index (χ0v) is 20.5. The third kappa shape index (κ3) is 3.87. The van der Waals surface area contributed by atoms with E-state index in [-0.39, 0.29) is 5.75 Å². The van der Waals surface area contributed by atoms with Crippen molar-refractivity contribution in [1.29, 1.82) is 5.26 Å². The van der Waals surface area contributed by atoms with E-state index in [1.54, 1.807) is 74.5 Å². The molecule has 0 heterocycles. The average molecular weight is 510 g/mol. The predicted molar refractivity (Wildman–Crippen MR) is 133 cm³/mol. The molecule has 0 spiro atoms. The van der Waals surface area contributed by atoms with Crippen molar-refractivity contribution in [2.45, 2.75) is 19.4 Å². The van der Waals surface area contributed by atoms with Gasteiger partial charge in [-0.2, -0.15) is 5.26 Å². The maximum atomic E-state index is 13.6. The van der Waals surface area contributed by atoms with Crippen LogP contribution in [0.5, 0.6) is 5.75 Å². The first-order valence-corrected chi connectivity index (χ1v) is 11.6. The number of aliphatic carboxylic acids is 1. The third-order valence-corrected chi connectivity index (χ3v) is 7.52. The fraction of sp³-hybridized carbons (Fsp3) is 0.214. The summed E-state index contributed by atoms with van der Waals surface area (Å²) in [6.45, 7) is 3.55. The Kier molecular flexibility index (Phi) is 6.40. The van der Waals surface area contributed by atoms with Crippen LogP contribution in [0.3, 0.4) is 0 Å². The minimum absolute atomic E-state index is 0.173. The van der Waals surface area contributed by atoms with Crippen LogP contribution in [-0.4, -0.2) is 11.1 Å². The van der Waals surface area contributed by atoms with Crippen molar-refractivity contribution < 1.29 is 19.0 Å². The number of ether oxygens (including phenoxy) is 1. The van der Waals surface area contributed by atoms with E-state index in [0.29, 0.717) is 21.2 Å².